The van der Waals surface area contributed by atoms with Crippen LogP contribution in [-0.2, 0) is 11.8 Å². The molecule has 21 heavy (non-hydrogen) atoms. The van der Waals surface area contributed by atoms with Gasteiger partial charge in [-0.2, -0.15) is 0 Å². The van der Waals surface area contributed by atoms with E-state index in [2.05, 4.69) is 4.98 Å². The van der Waals surface area contributed by atoms with Crippen LogP contribution in [0.3, 0.4) is 0 Å². The molecule has 1 aliphatic heterocycles. The van der Waals surface area contributed by atoms with Gasteiger partial charge in [0.15, 0.2) is 0 Å². The van der Waals surface area contributed by atoms with Crippen LogP contribution in [0.4, 0.5) is 0 Å². The number of hydrogen-bond acceptors (Lipinski definition) is 3. The molecule has 1 fully saturated rings. The molecule has 1 N–H and O–H groups in total. The minimum absolute atomic E-state index is 0.0162. The summed E-state index contributed by atoms with van der Waals surface area (Å²) < 4.78 is 1.92. The average Bonchev–Trinajstić information content (AvgIpc) is 3.04. The molecule has 0 saturated carbocycles. The molecule has 0 bridgehead atoms. The van der Waals surface area contributed by atoms with E-state index >= 15 is 0 Å². The fourth-order valence-electron chi connectivity index (χ4n) is 3.14. The lowest BCUT2D eigenvalue weighted by Gasteiger charge is -2.22. The number of aryl methyl sites for hydroxylation is 1. The third-order valence-corrected chi connectivity index (χ3v) is 4.28. The molecule has 2 heterocycles. The first-order valence-electron chi connectivity index (χ1n) is 7.04. The molecule has 3 atom stereocenters. The second-order valence-corrected chi connectivity index (χ2v) is 5.64. The smallest absolute Gasteiger partial charge is 0.229 e. The van der Waals surface area contributed by atoms with Gasteiger partial charge in [-0.25, -0.2) is 4.98 Å². The summed E-state index contributed by atoms with van der Waals surface area (Å²) in [5.41, 5.74) is 1.76. The van der Waals surface area contributed by atoms with Crippen LogP contribution in [0.2, 0.25) is 0 Å². The second kappa shape index (κ2) is 5.33. The van der Waals surface area contributed by atoms with Gasteiger partial charge in [0.05, 0.1) is 18.3 Å². The summed E-state index contributed by atoms with van der Waals surface area (Å²) in [7, 11) is 3.69. The van der Waals surface area contributed by atoms with Crippen molar-refractivity contribution in [1.29, 1.82) is 0 Å². The van der Waals surface area contributed by atoms with Crippen LogP contribution >= 0.6 is 0 Å². The topological polar surface area (TPSA) is 58.4 Å². The maximum absolute atomic E-state index is 12.5. The van der Waals surface area contributed by atoms with Crippen LogP contribution in [0.5, 0.6) is 0 Å². The predicted octanol–water partition coefficient (Wildman–Crippen LogP) is 1.33. The molecule has 2 aromatic rings. The number of likely N-dealkylation sites (N-methyl/N-ethyl adjacent to an activating group) is 1. The Morgan fingerprint density at radius 1 is 1.29 bits per heavy atom. The first-order chi connectivity index (χ1) is 10.1. The van der Waals surface area contributed by atoms with E-state index in [1.54, 1.807) is 24.5 Å². The van der Waals surface area contributed by atoms with Crippen molar-refractivity contribution >= 4 is 5.91 Å². The minimum Gasteiger partial charge on any atom is -0.388 e. The number of aliphatic hydroxyl groups is 1. The fourth-order valence-corrected chi connectivity index (χ4v) is 3.14. The van der Waals surface area contributed by atoms with Gasteiger partial charge in [0.25, 0.3) is 0 Å². The second-order valence-electron chi connectivity index (χ2n) is 5.64. The summed E-state index contributed by atoms with van der Waals surface area (Å²) >= 11 is 0. The highest BCUT2D eigenvalue weighted by Gasteiger charge is 2.45. The summed E-state index contributed by atoms with van der Waals surface area (Å²) in [6.07, 6.45) is 2.70. The fraction of sp³-hybridized carbons (Fsp3) is 0.375. The number of hydrogen-bond donors (Lipinski definition) is 1. The monoisotopic (exact) mass is 285 g/mol. The quantitative estimate of drug-likeness (QED) is 0.925. The van der Waals surface area contributed by atoms with Crippen LogP contribution in [-0.4, -0.2) is 39.1 Å². The van der Waals surface area contributed by atoms with Crippen molar-refractivity contribution in [3.8, 4) is 0 Å². The molecule has 1 aliphatic rings. The molecule has 1 amide bonds. The molecule has 1 aromatic heterocycles. The van der Waals surface area contributed by atoms with Crippen LogP contribution in [0.25, 0.3) is 0 Å². The number of aliphatic hydroxyl groups excluding tert-OH is 1. The summed E-state index contributed by atoms with van der Waals surface area (Å²) in [6.45, 7) is 0.604. The molecule has 0 spiro atoms. The lowest BCUT2D eigenvalue weighted by atomic mass is 9.85. The summed E-state index contributed by atoms with van der Waals surface area (Å²) in [6, 6.07) is 9.37. The Morgan fingerprint density at radius 3 is 2.62 bits per heavy atom. The summed E-state index contributed by atoms with van der Waals surface area (Å²) in [5, 5.41) is 10.7. The number of likely N-dealkylation sites (tertiary alicyclic amines) is 1. The van der Waals surface area contributed by atoms with Crippen LogP contribution < -0.4 is 0 Å². The van der Waals surface area contributed by atoms with Crippen molar-refractivity contribution in [3.05, 3.63) is 54.1 Å². The number of carbonyl (C=O) groups excluding carboxylic acids is 1. The van der Waals surface area contributed by atoms with Crippen molar-refractivity contribution in [2.45, 2.75) is 12.0 Å². The number of imidazole rings is 1. The SMILES string of the molecule is CN1CC(c2cncn2C)[C@@H]([C@@H](O)c2ccccc2)C1=O. The lowest BCUT2D eigenvalue weighted by Crippen LogP contribution is -2.27. The number of aromatic nitrogens is 2. The summed E-state index contributed by atoms with van der Waals surface area (Å²) in [5.74, 6) is -0.532. The molecule has 5 nitrogen and oxygen atoms in total. The van der Waals surface area contributed by atoms with Gasteiger partial charge >= 0.3 is 0 Å². The average molecular weight is 285 g/mol. The van der Waals surface area contributed by atoms with Gasteiger partial charge in [-0.1, -0.05) is 30.3 Å². The Bertz CT molecular complexity index is 638. The molecule has 0 radical (unpaired) electrons. The Hall–Kier alpha value is -2.14. The molecule has 0 aliphatic carbocycles. The highest BCUT2D eigenvalue weighted by atomic mass is 16.3. The third-order valence-electron chi connectivity index (χ3n) is 4.28. The Labute approximate surface area is 123 Å². The third kappa shape index (κ3) is 2.34. The van der Waals surface area contributed by atoms with Gasteiger partial charge in [-0.15, -0.1) is 0 Å². The Morgan fingerprint density at radius 2 is 2.00 bits per heavy atom. The predicted molar refractivity (Wildman–Crippen MR) is 78.5 cm³/mol. The highest BCUT2D eigenvalue weighted by Crippen LogP contribution is 2.40. The molecule has 5 heteroatoms. The normalized spacial score (nSPS) is 23.6. The number of nitrogens with zero attached hydrogens (tertiary/aromatic N) is 3. The maximum atomic E-state index is 12.5. The van der Waals surface area contributed by atoms with E-state index in [0.29, 0.717) is 6.54 Å². The van der Waals surface area contributed by atoms with Crippen molar-refractivity contribution in [3.63, 3.8) is 0 Å². The van der Waals surface area contributed by atoms with Crippen molar-refractivity contribution in [1.82, 2.24) is 14.5 Å². The molecule has 1 saturated heterocycles. The zero-order chi connectivity index (χ0) is 15.0. The van der Waals surface area contributed by atoms with Gasteiger partial charge in [0.2, 0.25) is 5.91 Å². The molecular weight excluding hydrogens is 266 g/mol. The van der Waals surface area contributed by atoms with Crippen LogP contribution in [0, 0.1) is 5.92 Å². The number of carbonyl (C=O) groups is 1. The first kappa shape index (κ1) is 13.8. The Kier molecular flexibility index (Phi) is 3.51. The van der Waals surface area contributed by atoms with Crippen molar-refractivity contribution in [2.75, 3.05) is 13.6 Å². The number of benzene rings is 1. The van der Waals surface area contributed by atoms with Crippen LogP contribution in [0.1, 0.15) is 23.3 Å². The largest absolute Gasteiger partial charge is 0.388 e. The van der Waals surface area contributed by atoms with Crippen molar-refractivity contribution in [2.24, 2.45) is 13.0 Å². The van der Waals surface area contributed by atoms with E-state index in [1.165, 1.54) is 0 Å². The number of rotatable bonds is 3. The standard InChI is InChI=1S/C16H19N3O2/c1-18-9-12(13-8-17-10-19(13)2)14(16(18)21)15(20)11-6-4-3-5-7-11/h3-8,10,12,14-15,20H,9H2,1-2H3/t12?,14-,15-/m0/s1. The molecule has 1 unspecified atom stereocenters. The van der Waals surface area contributed by atoms with Gasteiger partial charge in [-0.05, 0) is 5.56 Å². The van der Waals surface area contributed by atoms with Gasteiger partial charge < -0.3 is 14.6 Å². The molecule has 3 rings (SSSR count). The van der Waals surface area contributed by atoms with E-state index in [0.717, 1.165) is 11.3 Å². The van der Waals surface area contributed by atoms with E-state index < -0.39 is 12.0 Å². The van der Waals surface area contributed by atoms with Gasteiger partial charge in [-0.3, -0.25) is 4.79 Å². The maximum Gasteiger partial charge on any atom is 0.229 e. The van der Waals surface area contributed by atoms with Gasteiger partial charge in [0.1, 0.15) is 0 Å². The van der Waals surface area contributed by atoms with E-state index in [1.807, 2.05) is 41.9 Å². The van der Waals surface area contributed by atoms with Crippen LogP contribution in [0.15, 0.2) is 42.9 Å². The minimum atomic E-state index is -0.802. The van der Waals surface area contributed by atoms with Gasteiger partial charge in [0, 0.05) is 38.4 Å². The zero-order valence-electron chi connectivity index (χ0n) is 12.2. The highest BCUT2D eigenvalue weighted by molar-refractivity contribution is 5.83. The number of amides is 1. The zero-order valence-corrected chi connectivity index (χ0v) is 12.2. The van der Waals surface area contributed by atoms with E-state index in [-0.39, 0.29) is 11.8 Å². The Balaban J connectivity index is 1.97. The van der Waals surface area contributed by atoms with Crippen molar-refractivity contribution < 1.29 is 9.90 Å². The lowest BCUT2D eigenvalue weighted by molar-refractivity contribution is -0.133. The first-order valence-corrected chi connectivity index (χ1v) is 7.04. The van der Waals surface area contributed by atoms with E-state index in [4.69, 9.17) is 0 Å². The summed E-state index contributed by atoms with van der Waals surface area (Å²) in [4.78, 5) is 18.3. The molecular formula is C16H19N3O2. The molecule has 110 valence electrons. The molecule has 1 aromatic carbocycles. The van der Waals surface area contributed by atoms with E-state index in [9.17, 15) is 9.90 Å².